The Kier molecular flexibility index (Phi) is 7.85. The SMILES string of the molecule is COCC[NH+](CCOC)Cc1c(O)ccc2c1O/C(=C/c1ccc(C(C)C)cc1)C2=O. The van der Waals surface area contributed by atoms with Crippen LogP contribution in [0.3, 0.4) is 0 Å². The number of phenols is 1. The molecule has 0 saturated carbocycles. The number of methoxy groups -OCH3 is 2. The molecular weight excluding hydrogens is 394 g/mol. The van der Waals surface area contributed by atoms with Crippen LogP contribution in [0.25, 0.3) is 6.08 Å². The van der Waals surface area contributed by atoms with Crippen molar-refractivity contribution in [3.8, 4) is 11.5 Å². The number of rotatable bonds is 10. The maximum atomic E-state index is 12.9. The molecule has 0 aliphatic carbocycles. The third kappa shape index (κ3) is 5.53. The lowest BCUT2D eigenvalue weighted by Gasteiger charge is -2.20. The van der Waals surface area contributed by atoms with E-state index in [0.717, 1.165) is 18.7 Å². The Morgan fingerprint density at radius 2 is 1.68 bits per heavy atom. The number of allylic oxidation sites excluding steroid dienone is 1. The predicted molar refractivity (Wildman–Crippen MR) is 120 cm³/mol. The van der Waals surface area contributed by atoms with E-state index in [2.05, 4.69) is 26.0 Å². The minimum absolute atomic E-state index is 0.126. The highest BCUT2D eigenvalue weighted by molar-refractivity contribution is 6.14. The second kappa shape index (κ2) is 10.6. The van der Waals surface area contributed by atoms with Crippen LogP contribution in [0.2, 0.25) is 0 Å². The van der Waals surface area contributed by atoms with Crippen LogP contribution < -0.4 is 9.64 Å². The van der Waals surface area contributed by atoms with Gasteiger partial charge in [-0.05, 0) is 35.3 Å². The minimum atomic E-state index is -0.167. The van der Waals surface area contributed by atoms with Gasteiger partial charge in [0.05, 0.1) is 24.3 Å². The van der Waals surface area contributed by atoms with Crippen LogP contribution in [0.15, 0.2) is 42.2 Å². The molecule has 0 aromatic heterocycles. The number of hydrogen-bond acceptors (Lipinski definition) is 5. The summed E-state index contributed by atoms with van der Waals surface area (Å²) in [6.45, 7) is 7.48. The molecule has 0 fully saturated rings. The normalized spacial score (nSPS) is 14.5. The van der Waals surface area contributed by atoms with Gasteiger partial charge in [0, 0.05) is 14.2 Å². The average Bonchev–Trinajstić information content (AvgIpc) is 3.07. The second-order valence-corrected chi connectivity index (χ2v) is 8.11. The van der Waals surface area contributed by atoms with Gasteiger partial charge in [0.25, 0.3) is 0 Å². The molecule has 2 N–H and O–H groups in total. The van der Waals surface area contributed by atoms with E-state index in [1.54, 1.807) is 32.4 Å². The lowest BCUT2D eigenvalue weighted by Crippen LogP contribution is -3.11. The van der Waals surface area contributed by atoms with Gasteiger partial charge >= 0.3 is 0 Å². The minimum Gasteiger partial charge on any atom is -0.507 e. The summed E-state index contributed by atoms with van der Waals surface area (Å²) in [6.07, 6.45) is 1.76. The summed E-state index contributed by atoms with van der Waals surface area (Å²) in [5, 5.41) is 10.5. The predicted octanol–water partition coefficient (Wildman–Crippen LogP) is 2.81. The second-order valence-electron chi connectivity index (χ2n) is 8.11. The molecule has 31 heavy (non-hydrogen) atoms. The number of nitrogens with one attached hydrogen (secondary N) is 1. The molecule has 2 aromatic carbocycles. The number of phenolic OH excluding ortho intramolecular Hbond substituents is 1. The van der Waals surface area contributed by atoms with E-state index in [9.17, 15) is 9.90 Å². The standard InChI is InChI=1S/C25H31NO5/c1-17(2)19-7-5-18(6-8-19)15-23-24(28)20-9-10-22(27)21(25(20)31-23)16-26(11-13-29-3)12-14-30-4/h5-10,15,17,27H,11-14,16H2,1-4H3/p+1/b23-15+. The number of fused-ring (bicyclic) bond motifs is 1. The van der Waals surface area contributed by atoms with Crippen molar-refractivity contribution in [2.24, 2.45) is 0 Å². The van der Waals surface area contributed by atoms with Crippen LogP contribution in [-0.2, 0) is 16.0 Å². The van der Waals surface area contributed by atoms with E-state index < -0.39 is 0 Å². The Balaban J connectivity index is 1.86. The van der Waals surface area contributed by atoms with Gasteiger partial charge in [-0.1, -0.05) is 38.1 Å². The maximum Gasteiger partial charge on any atom is 0.231 e. The topological polar surface area (TPSA) is 69.4 Å². The molecule has 0 saturated heterocycles. The third-order valence-electron chi connectivity index (χ3n) is 5.56. The summed E-state index contributed by atoms with van der Waals surface area (Å²) in [5.74, 6) is 1.13. The highest BCUT2D eigenvalue weighted by Crippen LogP contribution is 2.39. The first-order chi connectivity index (χ1) is 14.9. The third-order valence-corrected chi connectivity index (χ3v) is 5.56. The van der Waals surface area contributed by atoms with Gasteiger partial charge in [-0.3, -0.25) is 4.79 Å². The monoisotopic (exact) mass is 426 g/mol. The largest absolute Gasteiger partial charge is 0.507 e. The average molecular weight is 427 g/mol. The van der Waals surface area contributed by atoms with E-state index in [1.807, 2.05) is 12.1 Å². The molecule has 166 valence electrons. The fourth-order valence-electron chi connectivity index (χ4n) is 3.64. The van der Waals surface area contributed by atoms with Crippen molar-refractivity contribution in [3.05, 3.63) is 64.4 Å². The summed E-state index contributed by atoms with van der Waals surface area (Å²) in [5.41, 5.74) is 3.26. The summed E-state index contributed by atoms with van der Waals surface area (Å²) in [7, 11) is 3.33. The van der Waals surface area contributed by atoms with Crippen LogP contribution in [0.1, 0.15) is 46.8 Å². The highest BCUT2D eigenvalue weighted by Gasteiger charge is 2.32. The maximum absolute atomic E-state index is 12.9. The number of ketones is 1. The molecule has 1 aliphatic rings. The van der Waals surface area contributed by atoms with Crippen LogP contribution in [-0.4, -0.2) is 51.4 Å². The van der Waals surface area contributed by atoms with Crippen molar-refractivity contribution < 1.29 is 29.0 Å². The molecule has 0 radical (unpaired) electrons. The number of benzene rings is 2. The number of aromatic hydroxyl groups is 1. The van der Waals surface area contributed by atoms with Crippen molar-refractivity contribution in [1.82, 2.24) is 0 Å². The quantitative estimate of drug-likeness (QED) is 0.572. The first kappa shape index (κ1) is 23.0. The van der Waals surface area contributed by atoms with Crippen LogP contribution in [0, 0.1) is 0 Å². The molecule has 1 heterocycles. The summed E-state index contributed by atoms with van der Waals surface area (Å²) in [4.78, 5) is 14.1. The number of Topliss-reactive ketones (excluding diaryl/α,β-unsaturated/α-hetero) is 1. The molecule has 0 unspecified atom stereocenters. The van der Waals surface area contributed by atoms with Crippen molar-refractivity contribution in [1.29, 1.82) is 0 Å². The smallest absolute Gasteiger partial charge is 0.231 e. The van der Waals surface area contributed by atoms with E-state index in [4.69, 9.17) is 14.2 Å². The number of hydrogen-bond donors (Lipinski definition) is 2. The van der Waals surface area contributed by atoms with Gasteiger partial charge < -0.3 is 24.2 Å². The summed E-state index contributed by atoms with van der Waals surface area (Å²) >= 11 is 0. The fraction of sp³-hybridized carbons (Fsp3) is 0.400. The molecule has 0 amide bonds. The number of carbonyl (C=O) groups excluding carboxylic acids is 1. The Labute approximate surface area is 184 Å². The lowest BCUT2D eigenvalue weighted by molar-refractivity contribution is -0.914. The molecular formula is C25H32NO5+. The highest BCUT2D eigenvalue weighted by atomic mass is 16.5. The van der Waals surface area contributed by atoms with Gasteiger partial charge in [0.2, 0.25) is 5.78 Å². The molecule has 3 rings (SSSR count). The van der Waals surface area contributed by atoms with Gasteiger partial charge in [-0.15, -0.1) is 0 Å². The Bertz CT molecular complexity index is 926. The van der Waals surface area contributed by atoms with E-state index in [-0.39, 0.29) is 17.3 Å². The molecule has 0 bridgehead atoms. The summed E-state index contributed by atoms with van der Waals surface area (Å²) < 4.78 is 16.4. The van der Waals surface area contributed by atoms with Crippen LogP contribution in [0.4, 0.5) is 0 Å². The van der Waals surface area contributed by atoms with Crippen molar-refractivity contribution >= 4 is 11.9 Å². The van der Waals surface area contributed by atoms with E-state index >= 15 is 0 Å². The van der Waals surface area contributed by atoms with Crippen molar-refractivity contribution in [2.75, 3.05) is 40.5 Å². The Morgan fingerprint density at radius 1 is 1.03 bits per heavy atom. The molecule has 0 atom stereocenters. The lowest BCUT2D eigenvalue weighted by atomic mass is 10.0. The van der Waals surface area contributed by atoms with Gasteiger partial charge in [0.15, 0.2) is 11.5 Å². The van der Waals surface area contributed by atoms with Gasteiger partial charge in [-0.25, -0.2) is 0 Å². The molecule has 0 spiro atoms. The molecule has 6 heteroatoms. The fourth-order valence-corrected chi connectivity index (χ4v) is 3.64. The Hall–Kier alpha value is -2.67. The zero-order valence-corrected chi connectivity index (χ0v) is 18.7. The Morgan fingerprint density at radius 3 is 2.26 bits per heavy atom. The summed E-state index contributed by atoms with van der Waals surface area (Å²) in [6, 6.07) is 11.3. The number of ether oxygens (including phenoxy) is 3. The zero-order chi connectivity index (χ0) is 22.4. The first-order valence-corrected chi connectivity index (χ1v) is 10.6. The van der Waals surface area contributed by atoms with Crippen molar-refractivity contribution in [2.45, 2.75) is 26.3 Å². The molecule has 1 aliphatic heterocycles. The van der Waals surface area contributed by atoms with Crippen LogP contribution in [0.5, 0.6) is 11.5 Å². The van der Waals surface area contributed by atoms with E-state index in [1.165, 1.54) is 10.5 Å². The molecule has 2 aromatic rings. The number of carbonyl (C=O) groups is 1. The van der Waals surface area contributed by atoms with Gasteiger partial charge in [-0.2, -0.15) is 0 Å². The van der Waals surface area contributed by atoms with E-state index in [0.29, 0.717) is 42.6 Å². The van der Waals surface area contributed by atoms with Crippen molar-refractivity contribution in [3.63, 3.8) is 0 Å². The molecule has 6 nitrogen and oxygen atoms in total. The van der Waals surface area contributed by atoms with Crippen LogP contribution >= 0.6 is 0 Å². The number of quaternary nitrogens is 1. The first-order valence-electron chi connectivity index (χ1n) is 10.6. The van der Waals surface area contributed by atoms with Gasteiger partial charge in [0.1, 0.15) is 25.4 Å². The zero-order valence-electron chi connectivity index (χ0n) is 18.7.